The third-order valence-electron chi connectivity index (χ3n) is 15.0. The van der Waals surface area contributed by atoms with Gasteiger partial charge < -0.3 is 69.0 Å². The molecule has 1 aliphatic rings. The smallest absolute Gasteiger partial charge is 0.274 e. The molecule has 80 heavy (non-hydrogen) atoms. The number of rotatable bonds is 45. The van der Waals surface area contributed by atoms with E-state index in [0.29, 0.717) is 12.5 Å². The van der Waals surface area contributed by atoms with Gasteiger partial charge in [0, 0.05) is 30.7 Å². The van der Waals surface area contributed by atoms with Gasteiger partial charge in [0.15, 0.2) is 17.7 Å². The molecule has 12 atom stereocenters. The fourth-order valence-electron chi connectivity index (χ4n) is 9.89. The minimum Gasteiger partial charge on any atom is -0.790 e. The van der Waals surface area contributed by atoms with Gasteiger partial charge in [-0.2, -0.15) is 11.8 Å². The summed E-state index contributed by atoms with van der Waals surface area (Å²) >= 11 is 1.77. The number of anilines is 1. The number of nitrogens with one attached hydrogen (secondary N) is 2. The summed E-state index contributed by atoms with van der Waals surface area (Å²) < 4.78 is 61.2. The van der Waals surface area contributed by atoms with Crippen LogP contribution in [0.5, 0.6) is 0 Å². The molecule has 0 aliphatic carbocycles. The number of amides is 2. The lowest BCUT2D eigenvalue weighted by Gasteiger charge is -2.36. The Morgan fingerprint density at radius 1 is 0.750 bits per heavy atom. The number of nitrogens with zero attached hydrogens (tertiary/aromatic N) is 4. The van der Waals surface area contributed by atoms with Crippen molar-refractivity contribution in [2.24, 2.45) is 35.0 Å². The van der Waals surface area contributed by atoms with Crippen LogP contribution in [0.25, 0.3) is 11.2 Å². The number of carbonyl (C=O) groups is 2. The lowest BCUT2D eigenvalue weighted by molar-refractivity contribution is -0.347. The van der Waals surface area contributed by atoms with Gasteiger partial charge in [-0.15, -0.1) is 0 Å². The molecule has 2 aromatic rings. The van der Waals surface area contributed by atoms with Gasteiger partial charge in [-0.3, -0.25) is 23.3 Å². The summed E-state index contributed by atoms with van der Waals surface area (Å²) in [5, 5.41) is 26.8. The van der Waals surface area contributed by atoms with Crippen molar-refractivity contribution in [3.05, 3.63) is 12.7 Å². The lowest BCUT2D eigenvalue weighted by atomic mass is 9.87. The van der Waals surface area contributed by atoms with Gasteiger partial charge in [-0.25, -0.2) is 19.3 Å². The van der Waals surface area contributed by atoms with E-state index in [1.165, 1.54) is 136 Å². The minimum absolute atomic E-state index is 0.00887. The molecule has 1 aliphatic heterocycles. The first-order valence-electron chi connectivity index (χ1n) is 29.0. The van der Waals surface area contributed by atoms with Crippen molar-refractivity contribution in [1.29, 1.82) is 0 Å². The van der Waals surface area contributed by atoms with Gasteiger partial charge in [-0.1, -0.05) is 171 Å². The molecule has 0 saturated carbocycles. The first-order valence-corrected chi connectivity index (χ1v) is 34.6. The molecule has 0 spiro atoms. The number of aromatic nitrogens is 4. The molecule has 6 N–H and O–H groups in total. The second kappa shape index (κ2) is 36.7. The maximum absolute atomic E-state index is 12.7. The Kier molecular flexibility index (Phi) is 33.1. The quantitative estimate of drug-likeness (QED) is 0.0314. The van der Waals surface area contributed by atoms with Crippen molar-refractivity contribution in [2.45, 2.75) is 221 Å². The van der Waals surface area contributed by atoms with Gasteiger partial charge in [0.05, 0.1) is 27.4 Å². The Morgan fingerprint density at radius 2 is 1.27 bits per heavy atom. The summed E-state index contributed by atoms with van der Waals surface area (Å²) in [6, 6.07) is 0. The molecule has 3 rings (SSSR count). The van der Waals surface area contributed by atoms with Crippen molar-refractivity contribution in [2.75, 3.05) is 43.5 Å². The van der Waals surface area contributed by atoms with Crippen molar-refractivity contribution < 1.29 is 75.7 Å². The fraction of sp³-hybridized carbons (Fsp3) is 0.868. The number of thioether (sulfide) groups is 1. The van der Waals surface area contributed by atoms with E-state index in [2.05, 4.69) is 85.0 Å². The Balaban J connectivity index is 1.21. The van der Waals surface area contributed by atoms with Crippen LogP contribution in [0.1, 0.15) is 196 Å². The molecule has 3 heterocycles. The summed E-state index contributed by atoms with van der Waals surface area (Å²) in [6.07, 6.45) is 19.3. The molecule has 0 bridgehead atoms. The van der Waals surface area contributed by atoms with Crippen LogP contribution in [-0.4, -0.2) is 104 Å². The predicted octanol–water partition coefficient (Wildman–Crippen LogP) is 7.61. The summed E-state index contributed by atoms with van der Waals surface area (Å²) in [5.74, 6) is 4.39. The van der Waals surface area contributed by atoms with Crippen molar-refractivity contribution in [1.82, 2.24) is 30.2 Å². The molecule has 1 saturated heterocycles. The Bertz CT molecular complexity index is 2250. The van der Waals surface area contributed by atoms with Crippen LogP contribution in [0.2, 0.25) is 0 Å². The standard InChI is InChI=1S/C53H100N7O16P3S/c1-9-10-11-12-13-19-38(2)20-14-21-39(3)22-15-23-40(4)24-16-25-41(5)26-17-27-42(6)28-18-32-80-33-31-55-44(61)29-30-56-51(64)48(63)53(7,8)35-73-79(70,71)76-78(68,69)72-34-43-47(75-77(65,66)67)46(62)52(74-43)60-37-59-45-49(54)57-36-58-50(45)60/h36-43,46-48,52,62-63H,9-35H2,1-8H3,(H,55,61)(H,56,64)(H,68,69)(H,70,71)(H2,54,57,58)(H2,65,66,67)/p-4/t38-,39-,40-,41-,42-,43+,46+,47+,48-,52+/m0/s1. The maximum Gasteiger partial charge on any atom is 0.274 e. The number of phosphoric acid groups is 3. The third kappa shape index (κ3) is 28.6. The zero-order valence-electron chi connectivity index (χ0n) is 48.7. The first-order chi connectivity index (χ1) is 37.6. The van der Waals surface area contributed by atoms with Crippen LogP contribution in [-0.2, 0) is 45.9 Å². The highest BCUT2D eigenvalue weighted by atomic mass is 32.2. The second-order valence-corrected chi connectivity index (χ2v) is 28.5. The van der Waals surface area contributed by atoms with Crippen LogP contribution >= 0.6 is 35.2 Å². The Morgan fingerprint density at radius 3 is 1.82 bits per heavy atom. The molecule has 27 heteroatoms. The third-order valence-corrected chi connectivity index (χ3v) is 19.1. The first kappa shape index (κ1) is 72.2. The normalized spacial score (nSPS) is 20.9. The van der Waals surface area contributed by atoms with Gasteiger partial charge >= 0.3 is 0 Å². The highest BCUT2D eigenvalue weighted by Gasteiger charge is 2.47. The van der Waals surface area contributed by atoms with Crippen molar-refractivity contribution >= 4 is 64.0 Å². The van der Waals surface area contributed by atoms with Crippen molar-refractivity contribution in [3.63, 3.8) is 0 Å². The molecular formula is C53H96N7O16P3S-4. The number of hydrogen-bond donors (Lipinski definition) is 5. The van der Waals surface area contributed by atoms with E-state index in [-0.39, 0.29) is 35.9 Å². The Hall–Kier alpha value is -2.11. The number of carbonyl (C=O) groups excluding carboxylic acids is 2. The number of nitrogens with two attached hydrogens (primary N) is 1. The number of aliphatic hydroxyl groups excluding tert-OH is 2. The summed E-state index contributed by atoms with van der Waals surface area (Å²) in [7, 11) is -17.6. The lowest BCUT2D eigenvalue weighted by Crippen LogP contribution is -2.46. The number of aliphatic hydroxyl groups is 2. The number of imidazole rings is 1. The predicted molar refractivity (Wildman–Crippen MR) is 302 cm³/mol. The van der Waals surface area contributed by atoms with E-state index in [4.69, 9.17) is 10.5 Å². The van der Waals surface area contributed by atoms with E-state index in [1.807, 2.05) is 0 Å². The zero-order valence-corrected chi connectivity index (χ0v) is 52.2. The number of hydrogen-bond acceptors (Lipinski definition) is 21. The SMILES string of the molecule is CCCCCCC[C@H](C)CCC[C@H](C)CCC[C@H](C)CCC[C@H](C)CCC[C@H](C)CCCSCCNC(=O)CCNC(=O)[C@H](O)C(C)(C)COP(=O)([O-])OP(=O)([O-])OC[C@H]1O[C@@H](n2cnc3c(N)ncnc32)[C@H](O)[C@@H]1OP(=O)([O-])[O-]. The number of phosphoric ester groups is 3. The van der Waals surface area contributed by atoms with E-state index < -0.39 is 78.6 Å². The topological polar surface area (TPSA) is 358 Å². The second-order valence-electron chi connectivity index (χ2n) is 23.2. The Labute approximate surface area is 480 Å². The van der Waals surface area contributed by atoms with Gasteiger partial charge in [-0.05, 0) is 48.2 Å². The molecule has 464 valence electrons. The molecule has 1 fully saturated rings. The van der Waals surface area contributed by atoms with E-state index >= 15 is 0 Å². The number of nitrogen functional groups attached to an aromatic ring is 1. The van der Waals surface area contributed by atoms with E-state index in [1.54, 1.807) is 11.8 Å². The molecular weight excluding hydrogens is 1120 g/mol. The zero-order chi connectivity index (χ0) is 59.5. The average molecular weight is 1210 g/mol. The van der Waals surface area contributed by atoms with Crippen LogP contribution in [0.15, 0.2) is 12.7 Å². The average Bonchev–Trinajstić information content (AvgIpc) is 3.97. The van der Waals surface area contributed by atoms with Crippen LogP contribution in [0, 0.1) is 35.0 Å². The molecule has 2 amide bonds. The van der Waals surface area contributed by atoms with E-state index in [9.17, 15) is 53.1 Å². The minimum atomic E-state index is -5.91. The molecule has 23 nitrogen and oxygen atoms in total. The molecule has 2 aromatic heterocycles. The van der Waals surface area contributed by atoms with E-state index in [0.717, 1.165) is 58.8 Å². The molecule has 2 unspecified atom stereocenters. The summed E-state index contributed by atoms with van der Waals surface area (Å²) in [6.45, 7) is 15.0. The number of fused-ring (bicyclic) bond motifs is 1. The summed E-state index contributed by atoms with van der Waals surface area (Å²) in [4.78, 5) is 85.2. The van der Waals surface area contributed by atoms with Crippen LogP contribution in [0.4, 0.5) is 5.82 Å². The van der Waals surface area contributed by atoms with Crippen LogP contribution in [0.3, 0.4) is 0 Å². The van der Waals surface area contributed by atoms with Gasteiger partial charge in [0.1, 0.15) is 36.3 Å². The van der Waals surface area contributed by atoms with Crippen molar-refractivity contribution in [3.8, 4) is 0 Å². The van der Waals surface area contributed by atoms with Gasteiger partial charge in [0.25, 0.3) is 15.6 Å². The maximum atomic E-state index is 12.7. The molecule has 0 radical (unpaired) electrons. The van der Waals surface area contributed by atoms with Crippen LogP contribution < -0.4 is 35.9 Å². The number of unbranched alkanes of at least 4 members (excludes halogenated alkanes) is 4. The highest BCUT2D eigenvalue weighted by Crippen LogP contribution is 2.56. The largest absolute Gasteiger partial charge is 0.790 e. The van der Waals surface area contributed by atoms with Gasteiger partial charge in [0.2, 0.25) is 11.8 Å². The highest BCUT2D eigenvalue weighted by molar-refractivity contribution is 7.99. The number of ether oxygens (including phenoxy) is 1. The summed E-state index contributed by atoms with van der Waals surface area (Å²) in [5.41, 5.74) is 4.16. The fourth-order valence-corrected chi connectivity index (χ4v) is 13.4. The molecule has 0 aromatic carbocycles. The monoisotopic (exact) mass is 1210 g/mol.